The van der Waals surface area contributed by atoms with Crippen LogP contribution in [-0.2, 0) is 6.54 Å². The zero-order valence-corrected chi connectivity index (χ0v) is 12.2. The Kier molecular flexibility index (Phi) is 2.88. The standard InChI is InChI=1S/C15H21NO3/c1-9(17)10-6-11(13(18)19)16(7-10)8-12-14(2,3)15(12,4)5/h6-7,12H,8H2,1-5H3,(H,18,19). The van der Waals surface area contributed by atoms with E-state index in [1.165, 1.54) is 13.0 Å². The average Bonchev–Trinajstić information content (AvgIpc) is 2.67. The minimum absolute atomic E-state index is 0.101. The van der Waals surface area contributed by atoms with Crippen LogP contribution in [0.1, 0.15) is 55.5 Å². The maximum absolute atomic E-state index is 11.4. The zero-order valence-electron chi connectivity index (χ0n) is 12.2. The van der Waals surface area contributed by atoms with E-state index in [2.05, 4.69) is 27.7 Å². The molecule has 4 heteroatoms. The van der Waals surface area contributed by atoms with Crippen LogP contribution >= 0.6 is 0 Å². The topological polar surface area (TPSA) is 59.3 Å². The largest absolute Gasteiger partial charge is 0.477 e. The van der Waals surface area contributed by atoms with Gasteiger partial charge in [-0.3, -0.25) is 4.79 Å². The lowest BCUT2D eigenvalue weighted by Crippen LogP contribution is -2.11. The zero-order chi connectivity index (χ0) is 14.6. The first-order chi connectivity index (χ1) is 8.59. The summed E-state index contributed by atoms with van der Waals surface area (Å²) in [5.74, 6) is -0.662. The number of hydrogen-bond acceptors (Lipinski definition) is 2. The van der Waals surface area contributed by atoms with Crippen molar-refractivity contribution < 1.29 is 14.7 Å². The number of carbonyl (C=O) groups excluding carboxylic acids is 1. The molecule has 1 fully saturated rings. The van der Waals surface area contributed by atoms with Crippen molar-refractivity contribution in [3.8, 4) is 0 Å². The summed E-state index contributed by atoms with van der Waals surface area (Å²) in [4.78, 5) is 22.6. The predicted molar refractivity (Wildman–Crippen MR) is 72.4 cm³/mol. The molecule has 1 saturated carbocycles. The van der Waals surface area contributed by atoms with E-state index in [-0.39, 0.29) is 22.3 Å². The number of Topliss-reactive ketones (excluding diaryl/α,β-unsaturated/α-hetero) is 1. The van der Waals surface area contributed by atoms with Crippen LogP contribution in [0.25, 0.3) is 0 Å². The Balaban J connectivity index is 2.31. The predicted octanol–water partition coefficient (Wildman–Crippen LogP) is 3.07. The van der Waals surface area contributed by atoms with Crippen LogP contribution in [-0.4, -0.2) is 21.4 Å². The number of carboxylic acid groups (broad SMARTS) is 1. The van der Waals surface area contributed by atoms with Crippen molar-refractivity contribution in [1.29, 1.82) is 0 Å². The van der Waals surface area contributed by atoms with Gasteiger partial charge in [0.05, 0.1) is 0 Å². The summed E-state index contributed by atoms with van der Waals surface area (Å²) in [6.45, 7) is 10.9. The number of aromatic carboxylic acids is 1. The summed E-state index contributed by atoms with van der Waals surface area (Å²) < 4.78 is 1.71. The molecule has 0 unspecified atom stereocenters. The highest BCUT2D eigenvalue weighted by molar-refractivity contribution is 5.97. The Morgan fingerprint density at radius 3 is 2.16 bits per heavy atom. The Labute approximate surface area is 113 Å². The molecule has 2 rings (SSSR count). The molecule has 1 aliphatic rings. The van der Waals surface area contributed by atoms with E-state index >= 15 is 0 Å². The fourth-order valence-corrected chi connectivity index (χ4v) is 3.02. The monoisotopic (exact) mass is 263 g/mol. The highest BCUT2D eigenvalue weighted by Crippen LogP contribution is 2.68. The van der Waals surface area contributed by atoms with Crippen molar-refractivity contribution in [2.24, 2.45) is 16.7 Å². The molecule has 0 atom stereocenters. The summed E-state index contributed by atoms with van der Waals surface area (Å²) in [6, 6.07) is 1.47. The van der Waals surface area contributed by atoms with Crippen molar-refractivity contribution in [2.75, 3.05) is 0 Å². The molecule has 0 radical (unpaired) electrons. The first kappa shape index (κ1) is 13.8. The first-order valence-corrected chi connectivity index (χ1v) is 6.53. The highest BCUT2D eigenvalue weighted by atomic mass is 16.4. The molecule has 0 bridgehead atoms. The molecular formula is C15H21NO3. The lowest BCUT2D eigenvalue weighted by atomic mass is 10.0. The Morgan fingerprint density at radius 1 is 1.26 bits per heavy atom. The normalized spacial score (nSPS) is 20.3. The van der Waals surface area contributed by atoms with Crippen LogP contribution in [0.2, 0.25) is 0 Å². The van der Waals surface area contributed by atoms with E-state index in [4.69, 9.17) is 0 Å². The van der Waals surface area contributed by atoms with Gasteiger partial charge in [-0.2, -0.15) is 0 Å². The molecule has 0 amide bonds. The van der Waals surface area contributed by atoms with E-state index < -0.39 is 5.97 Å². The Hall–Kier alpha value is -1.58. The van der Waals surface area contributed by atoms with Gasteiger partial charge in [-0.05, 0) is 29.7 Å². The van der Waals surface area contributed by atoms with Crippen molar-refractivity contribution in [3.63, 3.8) is 0 Å². The molecule has 104 valence electrons. The van der Waals surface area contributed by atoms with Gasteiger partial charge < -0.3 is 9.67 Å². The molecule has 0 saturated heterocycles. The van der Waals surface area contributed by atoms with Gasteiger partial charge in [0.2, 0.25) is 0 Å². The minimum Gasteiger partial charge on any atom is -0.477 e. The molecular weight excluding hydrogens is 242 g/mol. The van der Waals surface area contributed by atoms with Gasteiger partial charge in [0.25, 0.3) is 0 Å². The van der Waals surface area contributed by atoms with Crippen LogP contribution < -0.4 is 0 Å². The second-order valence-electron chi connectivity index (χ2n) is 6.62. The van der Waals surface area contributed by atoms with E-state index in [1.807, 2.05) is 0 Å². The van der Waals surface area contributed by atoms with Crippen molar-refractivity contribution in [3.05, 3.63) is 23.5 Å². The number of aromatic nitrogens is 1. The number of ketones is 1. The highest BCUT2D eigenvalue weighted by Gasteiger charge is 2.64. The van der Waals surface area contributed by atoms with Gasteiger partial charge in [-0.25, -0.2) is 4.79 Å². The molecule has 1 heterocycles. The number of nitrogens with zero attached hydrogens (tertiary/aromatic N) is 1. The second-order valence-corrected chi connectivity index (χ2v) is 6.62. The van der Waals surface area contributed by atoms with Gasteiger partial charge in [0.1, 0.15) is 5.69 Å². The third-order valence-corrected chi connectivity index (χ3v) is 5.22. The summed E-state index contributed by atoms with van der Waals surface area (Å²) in [6.07, 6.45) is 1.66. The summed E-state index contributed by atoms with van der Waals surface area (Å²) in [5.41, 5.74) is 1.06. The van der Waals surface area contributed by atoms with Gasteiger partial charge in [0.15, 0.2) is 5.78 Å². The van der Waals surface area contributed by atoms with Crippen LogP contribution in [0, 0.1) is 16.7 Å². The quantitative estimate of drug-likeness (QED) is 0.849. The molecule has 1 aliphatic carbocycles. The third kappa shape index (κ3) is 1.99. The Bertz CT molecular complexity index is 538. The van der Waals surface area contributed by atoms with Crippen LogP contribution in [0.4, 0.5) is 0 Å². The number of carbonyl (C=O) groups is 2. The van der Waals surface area contributed by atoms with Gasteiger partial charge >= 0.3 is 5.97 Å². The maximum Gasteiger partial charge on any atom is 0.352 e. The number of hydrogen-bond donors (Lipinski definition) is 1. The van der Waals surface area contributed by atoms with Crippen molar-refractivity contribution in [2.45, 2.75) is 41.2 Å². The Morgan fingerprint density at radius 2 is 1.79 bits per heavy atom. The van der Waals surface area contributed by atoms with Crippen LogP contribution in [0.15, 0.2) is 12.3 Å². The molecule has 4 nitrogen and oxygen atoms in total. The molecule has 1 aromatic heterocycles. The second kappa shape index (κ2) is 3.95. The third-order valence-electron chi connectivity index (χ3n) is 5.22. The lowest BCUT2D eigenvalue weighted by Gasteiger charge is -2.07. The summed E-state index contributed by atoms with van der Waals surface area (Å²) >= 11 is 0. The number of carboxylic acids is 1. The van der Waals surface area contributed by atoms with Gasteiger partial charge in [-0.1, -0.05) is 27.7 Å². The van der Waals surface area contributed by atoms with E-state index in [0.717, 1.165) is 0 Å². The van der Waals surface area contributed by atoms with E-state index in [1.54, 1.807) is 10.8 Å². The maximum atomic E-state index is 11.4. The fourth-order valence-electron chi connectivity index (χ4n) is 3.02. The molecule has 0 aromatic carbocycles. The number of rotatable bonds is 4. The van der Waals surface area contributed by atoms with Crippen molar-refractivity contribution in [1.82, 2.24) is 4.57 Å². The lowest BCUT2D eigenvalue weighted by molar-refractivity contribution is 0.0684. The molecule has 1 aromatic rings. The van der Waals surface area contributed by atoms with Gasteiger partial charge in [0, 0.05) is 18.3 Å². The fraction of sp³-hybridized carbons (Fsp3) is 0.600. The molecule has 1 N–H and O–H groups in total. The smallest absolute Gasteiger partial charge is 0.352 e. The van der Waals surface area contributed by atoms with Gasteiger partial charge in [-0.15, -0.1) is 0 Å². The summed E-state index contributed by atoms with van der Waals surface area (Å²) in [5, 5.41) is 9.22. The SMILES string of the molecule is CC(=O)c1cc(C(=O)O)n(CC2C(C)(C)C2(C)C)c1. The van der Waals surface area contributed by atoms with Crippen LogP contribution in [0.3, 0.4) is 0 Å². The molecule has 0 spiro atoms. The van der Waals surface area contributed by atoms with E-state index in [9.17, 15) is 14.7 Å². The molecule has 0 aliphatic heterocycles. The van der Waals surface area contributed by atoms with Crippen LogP contribution in [0.5, 0.6) is 0 Å². The first-order valence-electron chi connectivity index (χ1n) is 6.53. The van der Waals surface area contributed by atoms with Crippen molar-refractivity contribution >= 4 is 11.8 Å². The average molecular weight is 263 g/mol. The van der Waals surface area contributed by atoms with E-state index in [0.29, 0.717) is 18.0 Å². The molecule has 19 heavy (non-hydrogen) atoms. The summed E-state index contributed by atoms with van der Waals surface area (Å²) in [7, 11) is 0. The minimum atomic E-state index is -0.983.